The minimum atomic E-state index is -0.463. The van der Waals surface area contributed by atoms with Gasteiger partial charge in [0.05, 0.1) is 0 Å². The predicted molar refractivity (Wildman–Crippen MR) is 87.7 cm³/mol. The molecule has 2 amide bonds. The van der Waals surface area contributed by atoms with Gasteiger partial charge in [-0.15, -0.1) is 0 Å². The minimum absolute atomic E-state index is 0.174. The third-order valence-corrected chi connectivity index (χ3v) is 3.46. The van der Waals surface area contributed by atoms with Gasteiger partial charge in [0.25, 0.3) is 0 Å². The van der Waals surface area contributed by atoms with Gasteiger partial charge in [0.1, 0.15) is 12.4 Å². The van der Waals surface area contributed by atoms with E-state index in [4.69, 9.17) is 11.6 Å². The SMILES string of the molecule is CC(=O)N(CC(=O)NCc1ccc(Cl)cc1)c1cccc(F)c1. The molecule has 0 saturated heterocycles. The van der Waals surface area contributed by atoms with Crippen molar-refractivity contribution in [3.8, 4) is 0 Å². The first-order chi connectivity index (χ1) is 11.0. The fourth-order valence-corrected chi connectivity index (χ4v) is 2.16. The van der Waals surface area contributed by atoms with E-state index in [2.05, 4.69) is 5.32 Å². The second kappa shape index (κ2) is 7.74. The summed E-state index contributed by atoms with van der Waals surface area (Å²) in [4.78, 5) is 25.0. The number of nitrogens with one attached hydrogen (secondary N) is 1. The van der Waals surface area contributed by atoms with Gasteiger partial charge in [-0.1, -0.05) is 29.8 Å². The number of benzene rings is 2. The lowest BCUT2D eigenvalue weighted by Crippen LogP contribution is -2.39. The molecule has 0 aliphatic heterocycles. The summed E-state index contributed by atoms with van der Waals surface area (Å²) in [5.74, 6) is -1.13. The molecule has 2 aromatic rings. The summed E-state index contributed by atoms with van der Waals surface area (Å²) in [5, 5.41) is 3.34. The van der Waals surface area contributed by atoms with E-state index in [9.17, 15) is 14.0 Å². The van der Waals surface area contributed by atoms with Crippen LogP contribution in [0, 0.1) is 5.82 Å². The molecule has 120 valence electrons. The van der Waals surface area contributed by atoms with Gasteiger partial charge >= 0.3 is 0 Å². The van der Waals surface area contributed by atoms with Crippen LogP contribution in [0.1, 0.15) is 12.5 Å². The molecule has 0 aliphatic rings. The van der Waals surface area contributed by atoms with Crippen molar-refractivity contribution in [3.05, 3.63) is 64.9 Å². The fourth-order valence-electron chi connectivity index (χ4n) is 2.03. The van der Waals surface area contributed by atoms with E-state index in [-0.39, 0.29) is 18.4 Å². The van der Waals surface area contributed by atoms with Gasteiger partial charge < -0.3 is 10.2 Å². The van der Waals surface area contributed by atoms with Crippen molar-refractivity contribution in [2.75, 3.05) is 11.4 Å². The van der Waals surface area contributed by atoms with E-state index in [0.717, 1.165) is 5.56 Å². The molecule has 0 saturated carbocycles. The molecule has 2 aromatic carbocycles. The summed E-state index contributed by atoms with van der Waals surface area (Å²) in [6.45, 7) is 1.48. The Bertz CT molecular complexity index is 704. The highest BCUT2D eigenvalue weighted by Crippen LogP contribution is 2.15. The van der Waals surface area contributed by atoms with Crippen molar-refractivity contribution in [3.63, 3.8) is 0 Å². The monoisotopic (exact) mass is 334 g/mol. The van der Waals surface area contributed by atoms with Crippen LogP contribution in [0.3, 0.4) is 0 Å². The number of carbonyl (C=O) groups is 2. The Balaban J connectivity index is 1.98. The average molecular weight is 335 g/mol. The first-order valence-electron chi connectivity index (χ1n) is 7.00. The van der Waals surface area contributed by atoms with Crippen LogP contribution in [0.2, 0.25) is 5.02 Å². The number of anilines is 1. The Morgan fingerprint density at radius 3 is 2.48 bits per heavy atom. The summed E-state index contributed by atoms with van der Waals surface area (Å²) < 4.78 is 13.3. The Morgan fingerprint density at radius 1 is 1.17 bits per heavy atom. The predicted octanol–water partition coefficient (Wildman–Crippen LogP) is 3.15. The zero-order valence-corrected chi connectivity index (χ0v) is 13.3. The van der Waals surface area contributed by atoms with E-state index in [1.807, 2.05) is 0 Å². The van der Waals surface area contributed by atoms with Crippen molar-refractivity contribution in [1.82, 2.24) is 5.32 Å². The molecule has 0 unspecified atom stereocenters. The summed E-state index contributed by atoms with van der Waals surface area (Å²) in [6.07, 6.45) is 0. The molecule has 4 nitrogen and oxygen atoms in total. The lowest BCUT2D eigenvalue weighted by atomic mass is 10.2. The number of carbonyl (C=O) groups excluding carboxylic acids is 2. The molecule has 0 aromatic heterocycles. The highest BCUT2D eigenvalue weighted by molar-refractivity contribution is 6.30. The smallest absolute Gasteiger partial charge is 0.240 e. The number of hydrogen-bond donors (Lipinski definition) is 1. The van der Waals surface area contributed by atoms with Crippen LogP contribution >= 0.6 is 11.6 Å². The zero-order chi connectivity index (χ0) is 16.8. The van der Waals surface area contributed by atoms with Crippen molar-refractivity contribution in [2.45, 2.75) is 13.5 Å². The van der Waals surface area contributed by atoms with Crippen molar-refractivity contribution in [1.29, 1.82) is 0 Å². The molecule has 6 heteroatoms. The zero-order valence-electron chi connectivity index (χ0n) is 12.6. The molecule has 0 aliphatic carbocycles. The summed E-state index contributed by atoms with van der Waals surface area (Å²) in [6, 6.07) is 12.6. The second-order valence-corrected chi connectivity index (χ2v) is 5.42. The number of rotatable bonds is 5. The standard InChI is InChI=1S/C17H16ClFN2O2/c1-12(22)21(16-4-2-3-15(19)9-16)11-17(23)20-10-13-5-7-14(18)8-6-13/h2-9H,10-11H2,1H3,(H,20,23). The molecule has 0 atom stereocenters. The molecule has 0 heterocycles. The van der Waals surface area contributed by atoms with Gasteiger partial charge in [-0.3, -0.25) is 9.59 Å². The van der Waals surface area contributed by atoms with Crippen LogP contribution in [-0.4, -0.2) is 18.4 Å². The lowest BCUT2D eigenvalue weighted by molar-refractivity contribution is -0.123. The molecule has 1 N–H and O–H groups in total. The Labute approximate surface area is 138 Å². The number of amides is 2. The Morgan fingerprint density at radius 2 is 1.87 bits per heavy atom. The molecule has 23 heavy (non-hydrogen) atoms. The normalized spacial score (nSPS) is 10.2. The molecule has 2 rings (SSSR count). The maximum Gasteiger partial charge on any atom is 0.240 e. The largest absolute Gasteiger partial charge is 0.350 e. The van der Waals surface area contributed by atoms with Crippen LogP contribution in [0.4, 0.5) is 10.1 Å². The maximum atomic E-state index is 13.3. The molecule has 0 spiro atoms. The van der Waals surface area contributed by atoms with Crippen LogP contribution in [0.25, 0.3) is 0 Å². The van der Waals surface area contributed by atoms with E-state index in [0.29, 0.717) is 17.3 Å². The highest BCUT2D eigenvalue weighted by Gasteiger charge is 2.16. The summed E-state index contributed by atoms with van der Waals surface area (Å²) in [7, 11) is 0. The maximum absolute atomic E-state index is 13.3. The number of hydrogen-bond acceptors (Lipinski definition) is 2. The number of nitrogens with zero attached hydrogens (tertiary/aromatic N) is 1. The van der Waals surface area contributed by atoms with E-state index >= 15 is 0 Å². The van der Waals surface area contributed by atoms with Gasteiger partial charge in [-0.2, -0.15) is 0 Å². The van der Waals surface area contributed by atoms with Crippen LogP contribution < -0.4 is 10.2 Å². The van der Waals surface area contributed by atoms with Crippen molar-refractivity contribution in [2.24, 2.45) is 0 Å². The van der Waals surface area contributed by atoms with Gasteiger partial charge in [-0.05, 0) is 35.9 Å². The van der Waals surface area contributed by atoms with Gasteiger partial charge in [0.2, 0.25) is 11.8 Å². The Hall–Kier alpha value is -2.40. The van der Waals surface area contributed by atoms with E-state index in [1.54, 1.807) is 30.3 Å². The number of halogens is 2. The minimum Gasteiger partial charge on any atom is -0.350 e. The fraction of sp³-hybridized carbons (Fsp3) is 0.176. The third-order valence-electron chi connectivity index (χ3n) is 3.20. The van der Waals surface area contributed by atoms with Crippen molar-refractivity contribution < 1.29 is 14.0 Å². The van der Waals surface area contributed by atoms with E-state index in [1.165, 1.54) is 30.0 Å². The highest BCUT2D eigenvalue weighted by atomic mass is 35.5. The first kappa shape index (κ1) is 17.0. The molecule has 0 fully saturated rings. The molecular formula is C17H16ClFN2O2. The summed E-state index contributed by atoms with van der Waals surface area (Å²) in [5.41, 5.74) is 1.24. The molecule has 0 bridgehead atoms. The molecule has 0 radical (unpaired) electrons. The summed E-state index contributed by atoms with van der Waals surface area (Å²) >= 11 is 5.80. The second-order valence-electron chi connectivity index (χ2n) is 4.99. The van der Waals surface area contributed by atoms with Crippen LogP contribution in [0.5, 0.6) is 0 Å². The first-order valence-corrected chi connectivity index (χ1v) is 7.38. The van der Waals surface area contributed by atoms with Gasteiger partial charge in [0.15, 0.2) is 0 Å². The van der Waals surface area contributed by atoms with Crippen molar-refractivity contribution >= 4 is 29.1 Å². The Kier molecular flexibility index (Phi) is 5.71. The third kappa shape index (κ3) is 5.07. The van der Waals surface area contributed by atoms with Crippen LogP contribution in [0.15, 0.2) is 48.5 Å². The lowest BCUT2D eigenvalue weighted by Gasteiger charge is -2.20. The molecular weight excluding hydrogens is 319 g/mol. The van der Waals surface area contributed by atoms with E-state index < -0.39 is 5.82 Å². The average Bonchev–Trinajstić information content (AvgIpc) is 2.51. The van der Waals surface area contributed by atoms with Gasteiger partial charge in [-0.25, -0.2) is 4.39 Å². The quantitative estimate of drug-likeness (QED) is 0.913. The van der Waals surface area contributed by atoms with Crippen LogP contribution in [-0.2, 0) is 16.1 Å². The topological polar surface area (TPSA) is 49.4 Å². The van der Waals surface area contributed by atoms with Gasteiger partial charge in [0, 0.05) is 24.2 Å².